The van der Waals surface area contributed by atoms with Crippen LogP contribution in [0.2, 0.25) is 0 Å². The summed E-state index contributed by atoms with van der Waals surface area (Å²) in [6, 6.07) is 55.8. The van der Waals surface area contributed by atoms with Crippen molar-refractivity contribution in [1.29, 1.82) is 0 Å². The van der Waals surface area contributed by atoms with Gasteiger partial charge < -0.3 is 14.7 Å². The Bertz CT molecular complexity index is 3420. The van der Waals surface area contributed by atoms with Crippen molar-refractivity contribution in [3.05, 3.63) is 178 Å². The molecule has 0 aromatic heterocycles. The Morgan fingerprint density at radius 1 is 0.444 bits per heavy atom. The van der Waals surface area contributed by atoms with Crippen LogP contribution in [0.15, 0.2) is 140 Å². The number of benzene rings is 7. The van der Waals surface area contributed by atoms with Gasteiger partial charge in [0.25, 0.3) is 6.71 Å². The van der Waals surface area contributed by atoms with Gasteiger partial charge >= 0.3 is 0 Å². The van der Waals surface area contributed by atoms with E-state index < -0.39 is 0 Å². The molecule has 4 unspecified atom stereocenters. The Morgan fingerprint density at radius 2 is 1.14 bits per heavy atom. The molecule has 0 saturated heterocycles. The molecule has 0 N–H and O–H groups in total. The third kappa shape index (κ3) is 5.99. The average molecular weight is 944 g/mol. The summed E-state index contributed by atoms with van der Waals surface area (Å²) in [5.74, 6) is 0. The summed E-state index contributed by atoms with van der Waals surface area (Å²) < 4.78 is 0. The Labute approximate surface area is 431 Å². The van der Waals surface area contributed by atoms with E-state index >= 15 is 0 Å². The average Bonchev–Trinajstić information content (AvgIpc) is 3.69. The van der Waals surface area contributed by atoms with E-state index in [4.69, 9.17) is 0 Å². The number of aryl methyl sites for hydroxylation is 1. The molecular weight excluding hydrogens is 870 g/mol. The Morgan fingerprint density at radius 3 is 1.89 bits per heavy atom. The summed E-state index contributed by atoms with van der Waals surface area (Å²) >= 11 is 0. The van der Waals surface area contributed by atoms with E-state index in [0.29, 0.717) is 0 Å². The van der Waals surface area contributed by atoms with Crippen LogP contribution in [0.4, 0.5) is 39.8 Å². The molecule has 3 nitrogen and oxygen atoms in total. The molecule has 13 rings (SSSR count). The molecule has 0 radical (unpaired) electrons. The van der Waals surface area contributed by atoms with Crippen LogP contribution in [0.1, 0.15) is 161 Å². The van der Waals surface area contributed by atoms with Crippen molar-refractivity contribution >= 4 is 62.9 Å². The van der Waals surface area contributed by atoms with Crippen molar-refractivity contribution in [1.82, 2.24) is 0 Å². The molecule has 4 atom stereocenters. The van der Waals surface area contributed by atoms with Gasteiger partial charge in [-0.2, -0.15) is 0 Å². The molecule has 7 aromatic carbocycles. The van der Waals surface area contributed by atoms with E-state index in [-0.39, 0.29) is 44.9 Å². The molecule has 364 valence electrons. The van der Waals surface area contributed by atoms with E-state index in [1.54, 1.807) is 0 Å². The molecule has 4 aliphatic heterocycles. The first-order valence-electron chi connectivity index (χ1n) is 27.4. The minimum absolute atomic E-state index is 0.0226. The molecule has 2 aliphatic carbocycles. The monoisotopic (exact) mass is 944 g/mol. The Hall–Kier alpha value is -6.00. The summed E-state index contributed by atoms with van der Waals surface area (Å²) in [4.78, 5) is 8.50. The van der Waals surface area contributed by atoms with Crippen molar-refractivity contribution in [3.63, 3.8) is 0 Å². The number of hydrogen-bond donors (Lipinski definition) is 0. The molecule has 4 heterocycles. The number of anilines is 7. The standard InChI is InChI=1S/C68H74BN3/c1-62(2,3)46-25-21-26-49(37-46)70-57-40-47(63(4,5)6)29-30-54(57)69-55-39-48(64(7,8)9)38-53-61(55)72(68(13)51-27-18-17-24-44(51)32-35-66(53,68)11)59-42-50(41-58(70)60(59)69)71-56-31-28-45(43-22-15-14-16-23-43)36-52(56)65(10)33-19-20-34-67(65,71)12/h14-18,21-31,36-42H,19-20,32-35H2,1-13H3. The summed E-state index contributed by atoms with van der Waals surface area (Å²) in [6.45, 7) is 32.0. The fourth-order valence-electron chi connectivity index (χ4n) is 15.3. The molecule has 0 spiro atoms. The number of fused-ring (bicyclic) bond motifs is 12. The predicted octanol–water partition coefficient (Wildman–Crippen LogP) is 15.9. The highest BCUT2D eigenvalue weighted by molar-refractivity contribution is 7.00. The van der Waals surface area contributed by atoms with Gasteiger partial charge in [0, 0.05) is 50.6 Å². The third-order valence-corrected chi connectivity index (χ3v) is 19.9. The topological polar surface area (TPSA) is 9.72 Å². The molecule has 0 bridgehead atoms. The lowest BCUT2D eigenvalue weighted by molar-refractivity contribution is 0.195. The lowest BCUT2D eigenvalue weighted by Crippen LogP contribution is -2.64. The van der Waals surface area contributed by atoms with Gasteiger partial charge in [0.2, 0.25) is 0 Å². The van der Waals surface area contributed by atoms with Gasteiger partial charge in [-0.25, -0.2) is 0 Å². The second kappa shape index (κ2) is 14.8. The number of hydrogen-bond acceptors (Lipinski definition) is 3. The molecule has 1 fully saturated rings. The fraction of sp³-hybridized carbons (Fsp3) is 0.382. The first-order chi connectivity index (χ1) is 34.1. The normalized spacial score (nSPS) is 24.5. The zero-order valence-electron chi connectivity index (χ0n) is 45.4. The van der Waals surface area contributed by atoms with Crippen molar-refractivity contribution in [2.24, 2.45) is 0 Å². The number of nitrogens with zero attached hydrogens (tertiary/aromatic N) is 3. The summed E-state index contributed by atoms with van der Waals surface area (Å²) in [5.41, 5.74) is 25.6. The maximum Gasteiger partial charge on any atom is 0.252 e. The molecular formula is C68H74BN3. The zero-order valence-corrected chi connectivity index (χ0v) is 45.4. The summed E-state index contributed by atoms with van der Waals surface area (Å²) in [5, 5.41) is 0. The van der Waals surface area contributed by atoms with Gasteiger partial charge in [-0.3, -0.25) is 0 Å². The van der Waals surface area contributed by atoms with Crippen molar-refractivity contribution in [2.75, 3.05) is 14.7 Å². The number of rotatable bonds is 3. The third-order valence-electron chi connectivity index (χ3n) is 19.9. The minimum Gasteiger partial charge on any atom is -0.334 e. The smallest absolute Gasteiger partial charge is 0.252 e. The quantitative estimate of drug-likeness (QED) is 0.163. The Balaban J connectivity index is 1.18. The molecule has 72 heavy (non-hydrogen) atoms. The van der Waals surface area contributed by atoms with E-state index in [2.05, 4.69) is 244 Å². The zero-order chi connectivity index (χ0) is 50.3. The fourth-order valence-corrected chi connectivity index (χ4v) is 15.3. The van der Waals surface area contributed by atoms with Crippen LogP contribution in [0.25, 0.3) is 11.1 Å². The Kier molecular flexibility index (Phi) is 9.44. The van der Waals surface area contributed by atoms with Gasteiger partial charge in [0.05, 0.1) is 11.1 Å². The van der Waals surface area contributed by atoms with Gasteiger partial charge in [-0.1, -0.05) is 186 Å². The van der Waals surface area contributed by atoms with Gasteiger partial charge in [0.1, 0.15) is 0 Å². The first kappa shape index (κ1) is 45.8. The summed E-state index contributed by atoms with van der Waals surface area (Å²) in [7, 11) is 0. The van der Waals surface area contributed by atoms with E-state index in [9.17, 15) is 0 Å². The summed E-state index contributed by atoms with van der Waals surface area (Å²) in [6.07, 6.45) is 6.96. The van der Waals surface area contributed by atoms with Crippen LogP contribution in [0.3, 0.4) is 0 Å². The van der Waals surface area contributed by atoms with Crippen molar-refractivity contribution in [2.45, 2.75) is 167 Å². The second-order valence-electron chi connectivity index (χ2n) is 26.8. The van der Waals surface area contributed by atoms with Crippen LogP contribution in [0, 0.1) is 0 Å². The highest BCUT2D eigenvalue weighted by Crippen LogP contribution is 2.67. The molecule has 4 heteroatoms. The molecule has 6 aliphatic rings. The SMILES string of the molecule is CC(C)(C)c1cccc(N2c3cc(C(C)(C)C)ccc3B3c4cc(C(C)(C)C)cc5c4N(c4cc(N6c7ccc(-c8ccccc8)cc7C7(C)CCCCC67C)cc2c43)C2(C)c3ccccc3CCC52C)c1. The molecule has 1 saturated carbocycles. The molecule has 7 aromatic rings. The van der Waals surface area contributed by atoms with Gasteiger partial charge in [0.15, 0.2) is 0 Å². The lowest BCUT2D eigenvalue weighted by Gasteiger charge is -2.54. The van der Waals surface area contributed by atoms with Gasteiger partial charge in [-0.05, 0) is 165 Å². The first-order valence-corrected chi connectivity index (χ1v) is 27.4. The molecule has 0 amide bonds. The largest absolute Gasteiger partial charge is 0.334 e. The maximum atomic E-state index is 2.93. The van der Waals surface area contributed by atoms with E-state index in [1.165, 1.54) is 126 Å². The van der Waals surface area contributed by atoms with E-state index in [1.807, 2.05) is 0 Å². The second-order valence-corrected chi connectivity index (χ2v) is 26.8. The highest BCUT2D eigenvalue weighted by atomic mass is 15.3. The van der Waals surface area contributed by atoms with Crippen molar-refractivity contribution in [3.8, 4) is 11.1 Å². The van der Waals surface area contributed by atoms with Crippen LogP contribution in [0.5, 0.6) is 0 Å². The minimum atomic E-state index is -0.350. The lowest BCUT2D eigenvalue weighted by atomic mass is 9.33. The van der Waals surface area contributed by atoms with Crippen LogP contribution in [-0.2, 0) is 39.0 Å². The predicted molar refractivity (Wildman–Crippen MR) is 308 cm³/mol. The van der Waals surface area contributed by atoms with E-state index in [0.717, 1.165) is 19.3 Å². The van der Waals surface area contributed by atoms with Gasteiger partial charge in [-0.15, -0.1) is 0 Å². The maximum absolute atomic E-state index is 2.93. The van der Waals surface area contributed by atoms with Crippen LogP contribution < -0.4 is 31.1 Å². The highest BCUT2D eigenvalue weighted by Gasteiger charge is 2.64. The van der Waals surface area contributed by atoms with Crippen molar-refractivity contribution < 1.29 is 0 Å². The van der Waals surface area contributed by atoms with Crippen LogP contribution >= 0.6 is 0 Å². The van der Waals surface area contributed by atoms with Crippen LogP contribution in [-0.4, -0.2) is 12.3 Å².